The van der Waals surface area contributed by atoms with Gasteiger partial charge in [-0.15, -0.1) is 22.9 Å². The Morgan fingerprint density at radius 3 is 2.82 bits per heavy atom. The van der Waals surface area contributed by atoms with Gasteiger partial charge >= 0.3 is 0 Å². The van der Waals surface area contributed by atoms with E-state index in [-0.39, 0.29) is 11.3 Å². The maximum Gasteiger partial charge on any atom is 0.262 e. The Morgan fingerprint density at radius 2 is 2.29 bits per heavy atom. The molecule has 0 radical (unpaired) electrons. The van der Waals surface area contributed by atoms with E-state index in [1.165, 1.54) is 11.3 Å². The molecular formula is C12H17BrClNOS. The topological polar surface area (TPSA) is 29.1 Å². The Hall–Kier alpha value is -0.0600. The van der Waals surface area contributed by atoms with Crippen molar-refractivity contribution in [2.45, 2.75) is 26.7 Å². The summed E-state index contributed by atoms with van der Waals surface area (Å²) in [7, 11) is 0. The largest absolute Gasteiger partial charge is 0.351 e. The minimum absolute atomic E-state index is 0.00850. The van der Waals surface area contributed by atoms with Gasteiger partial charge in [-0.1, -0.05) is 13.8 Å². The van der Waals surface area contributed by atoms with E-state index >= 15 is 0 Å². The van der Waals surface area contributed by atoms with E-state index in [1.54, 1.807) is 0 Å². The fourth-order valence-corrected chi connectivity index (χ4v) is 3.09. The van der Waals surface area contributed by atoms with Crippen molar-refractivity contribution in [2.75, 3.05) is 12.4 Å². The molecule has 1 aromatic rings. The van der Waals surface area contributed by atoms with Crippen molar-refractivity contribution in [1.82, 2.24) is 5.32 Å². The summed E-state index contributed by atoms with van der Waals surface area (Å²) in [5, 5.41) is 4.87. The molecule has 1 aromatic heterocycles. The van der Waals surface area contributed by atoms with Crippen LogP contribution in [0.2, 0.25) is 0 Å². The smallest absolute Gasteiger partial charge is 0.262 e. The molecule has 1 heterocycles. The monoisotopic (exact) mass is 337 g/mol. The summed E-state index contributed by atoms with van der Waals surface area (Å²) in [5.74, 6) is 0.666. The van der Waals surface area contributed by atoms with E-state index in [2.05, 4.69) is 35.1 Å². The Morgan fingerprint density at radius 1 is 1.59 bits per heavy atom. The number of hydrogen-bond donors (Lipinski definition) is 1. The first-order valence-electron chi connectivity index (χ1n) is 5.53. The minimum atomic E-state index is -0.00850. The lowest BCUT2D eigenvalue weighted by Gasteiger charge is -2.24. The Bertz CT molecular complexity index is 378. The highest BCUT2D eigenvalue weighted by Gasteiger charge is 2.19. The molecule has 0 unspecified atom stereocenters. The summed E-state index contributed by atoms with van der Waals surface area (Å²) in [6, 6.07) is 1.89. The summed E-state index contributed by atoms with van der Waals surface area (Å²) < 4.78 is 0.860. The first kappa shape index (κ1) is 15.0. The normalized spacial score (nSPS) is 11.5. The fraction of sp³-hybridized carbons (Fsp3) is 0.583. The van der Waals surface area contributed by atoms with Crippen LogP contribution in [-0.2, 0) is 0 Å². The molecule has 0 bridgehead atoms. The van der Waals surface area contributed by atoms with E-state index in [9.17, 15) is 4.79 Å². The van der Waals surface area contributed by atoms with Gasteiger partial charge in [0.05, 0.1) is 0 Å². The second-order valence-electron chi connectivity index (χ2n) is 4.74. The Kier molecular flexibility index (Phi) is 5.97. The van der Waals surface area contributed by atoms with Gasteiger partial charge in [0.1, 0.15) is 4.88 Å². The quantitative estimate of drug-likeness (QED) is 0.770. The predicted molar refractivity (Wildman–Crippen MR) is 78.1 cm³/mol. The standard InChI is InChI=1S/C12H17BrClNOS/c1-12(2,5-3-6-14)8-15-11(16)10-9(13)4-7-17-10/h4,7H,3,5-6,8H2,1-2H3,(H,15,16). The molecule has 5 heteroatoms. The number of halogens is 2. The van der Waals surface area contributed by atoms with Crippen molar-refractivity contribution in [3.63, 3.8) is 0 Å². The lowest BCUT2D eigenvalue weighted by Crippen LogP contribution is -2.33. The number of thiophene rings is 1. The van der Waals surface area contributed by atoms with Crippen LogP contribution in [0.5, 0.6) is 0 Å². The van der Waals surface area contributed by atoms with E-state index in [1.807, 2.05) is 11.4 Å². The average Bonchev–Trinajstić information content (AvgIpc) is 2.70. The molecule has 1 rings (SSSR count). The molecule has 0 aliphatic rings. The molecule has 1 N–H and O–H groups in total. The third kappa shape index (κ3) is 4.98. The van der Waals surface area contributed by atoms with Gasteiger partial charge in [0.2, 0.25) is 0 Å². The molecule has 0 saturated heterocycles. The number of rotatable bonds is 6. The van der Waals surface area contributed by atoms with Crippen LogP contribution >= 0.6 is 38.9 Å². The molecule has 0 saturated carbocycles. The van der Waals surface area contributed by atoms with Crippen LogP contribution in [0.1, 0.15) is 36.4 Å². The number of amides is 1. The number of nitrogens with one attached hydrogen (secondary N) is 1. The van der Waals surface area contributed by atoms with Crippen LogP contribution in [0.15, 0.2) is 15.9 Å². The van der Waals surface area contributed by atoms with Gasteiger partial charge in [-0.25, -0.2) is 0 Å². The molecule has 0 atom stereocenters. The maximum atomic E-state index is 11.9. The number of alkyl halides is 1. The van der Waals surface area contributed by atoms with Gasteiger partial charge in [0.25, 0.3) is 5.91 Å². The first-order chi connectivity index (χ1) is 7.96. The third-order valence-corrected chi connectivity index (χ3v) is 4.64. The average molecular weight is 339 g/mol. The molecule has 0 spiro atoms. The number of carbonyl (C=O) groups excluding carboxylic acids is 1. The van der Waals surface area contributed by atoms with E-state index in [4.69, 9.17) is 11.6 Å². The van der Waals surface area contributed by atoms with Crippen molar-refractivity contribution in [3.8, 4) is 0 Å². The minimum Gasteiger partial charge on any atom is -0.351 e. The van der Waals surface area contributed by atoms with E-state index in [0.29, 0.717) is 12.4 Å². The first-order valence-corrected chi connectivity index (χ1v) is 7.74. The summed E-state index contributed by atoms with van der Waals surface area (Å²) in [6.45, 7) is 4.96. The molecule has 96 valence electrons. The van der Waals surface area contributed by atoms with Crippen LogP contribution < -0.4 is 5.32 Å². The van der Waals surface area contributed by atoms with Gasteiger partial charge < -0.3 is 5.32 Å². The molecule has 0 aromatic carbocycles. The molecule has 0 fully saturated rings. The molecule has 0 aliphatic carbocycles. The van der Waals surface area contributed by atoms with Crippen LogP contribution in [0, 0.1) is 5.41 Å². The molecule has 0 aliphatic heterocycles. The lowest BCUT2D eigenvalue weighted by molar-refractivity contribution is 0.0938. The van der Waals surface area contributed by atoms with Crippen LogP contribution in [-0.4, -0.2) is 18.3 Å². The maximum absolute atomic E-state index is 11.9. The predicted octanol–water partition coefficient (Wildman–Crippen LogP) is 4.29. The molecule has 2 nitrogen and oxygen atoms in total. The summed E-state index contributed by atoms with van der Waals surface area (Å²) in [5.41, 5.74) is 0.0916. The van der Waals surface area contributed by atoms with Crippen molar-refractivity contribution in [3.05, 3.63) is 20.8 Å². The van der Waals surface area contributed by atoms with Crippen LogP contribution in [0.4, 0.5) is 0 Å². The molecular weight excluding hydrogens is 322 g/mol. The van der Waals surface area contributed by atoms with Gasteiger partial charge in [0.15, 0.2) is 0 Å². The second-order valence-corrected chi connectivity index (χ2v) is 6.89. The van der Waals surface area contributed by atoms with Crippen molar-refractivity contribution >= 4 is 44.8 Å². The number of carbonyl (C=O) groups is 1. The van der Waals surface area contributed by atoms with Gasteiger partial charge in [-0.2, -0.15) is 0 Å². The van der Waals surface area contributed by atoms with Crippen LogP contribution in [0.25, 0.3) is 0 Å². The van der Waals surface area contributed by atoms with Crippen molar-refractivity contribution in [1.29, 1.82) is 0 Å². The van der Waals surface area contributed by atoms with Gasteiger partial charge in [-0.05, 0) is 45.6 Å². The zero-order chi connectivity index (χ0) is 12.9. The van der Waals surface area contributed by atoms with Gasteiger partial charge in [-0.3, -0.25) is 4.79 Å². The van der Waals surface area contributed by atoms with Crippen molar-refractivity contribution in [2.24, 2.45) is 5.41 Å². The highest BCUT2D eigenvalue weighted by molar-refractivity contribution is 9.10. The van der Waals surface area contributed by atoms with Crippen molar-refractivity contribution < 1.29 is 4.79 Å². The molecule has 17 heavy (non-hydrogen) atoms. The zero-order valence-electron chi connectivity index (χ0n) is 10.1. The SMILES string of the molecule is CC(C)(CCCCl)CNC(=O)c1sccc1Br. The Balaban J connectivity index is 2.45. The lowest BCUT2D eigenvalue weighted by atomic mass is 9.88. The van der Waals surface area contributed by atoms with Crippen LogP contribution in [0.3, 0.4) is 0 Å². The highest BCUT2D eigenvalue weighted by atomic mass is 79.9. The Labute approximate surface area is 120 Å². The molecule has 1 amide bonds. The van der Waals surface area contributed by atoms with Gasteiger partial charge in [0, 0.05) is 16.9 Å². The third-order valence-electron chi connectivity index (χ3n) is 2.54. The highest BCUT2D eigenvalue weighted by Crippen LogP contribution is 2.24. The fourth-order valence-electron chi connectivity index (χ4n) is 1.49. The second kappa shape index (κ2) is 6.76. The summed E-state index contributed by atoms with van der Waals surface area (Å²) in [4.78, 5) is 12.6. The summed E-state index contributed by atoms with van der Waals surface area (Å²) >= 11 is 10.5. The number of hydrogen-bond acceptors (Lipinski definition) is 2. The zero-order valence-corrected chi connectivity index (χ0v) is 13.2. The van der Waals surface area contributed by atoms with E-state index < -0.39 is 0 Å². The summed E-state index contributed by atoms with van der Waals surface area (Å²) in [6.07, 6.45) is 2.00. The van der Waals surface area contributed by atoms with E-state index in [0.717, 1.165) is 22.2 Å².